The fraction of sp³-hybridized carbons (Fsp3) is 0.562. The van der Waals surface area contributed by atoms with Gasteiger partial charge in [-0.05, 0) is 44.0 Å². The first kappa shape index (κ1) is 15.6. The lowest BCUT2D eigenvalue weighted by molar-refractivity contribution is 0.0600. The lowest BCUT2D eigenvalue weighted by atomic mass is 9.86. The highest BCUT2D eigenvalue weighted by Crippen LogP contribution is 2.33. The van der Waals surface area contributed by atoms with E-state index in [0.29, 0.717) is 29.5 Å². The van der Waals surface area contributed by atoms with E-state index in [1.54, 1.807) is 25.3 Å². The van der Waals surface area contributed by atoms with Crippen molar-refractivity contribution >= 4 is 5.97 Å². The number of carbonyl (C=O) groups excluding carboxylic acids is 1. The molecule has 1 aliphatic carbocycles. The van der Waals surface area contributed by atoms with Crippen LogP contribution in [0.3, 0.4) is 0 Å². The molecule has 2 unspecified atom stereocenters. The summed E-state index contributed by atoms with van der Waals surface area (Å²) >= 11 is 0. The minimum absolute atomic E-state index is 0.113. The second-order valence-electron chi connectivity index (χ2n) is 5.29. The SMILES string of the molecule is COC(=O)c1ccc(OC2CCCCC2CN)c(OC)c1. The fourth-order valence-electron chi connectivity index (χ4n) is 2.77. The highest BCUT2D eigenvalue weighted by molar-refractivity contribution is 5.90. The molecule has 2 atom stereocenters. The van der Waals surface area contributed by atoms with Gasteiger partial charge in [-0.2, -0.15) is 0 Å². The van der Waals surface area contributed by atoms with Crippen molar-refractivity contribution in [2.45, 2.75) is 31.8 Å². The van der Waals surface area contributed by atoms with E-state index >= 15 is 0 Å². The van der Waals surface area contributed by atoms with Crippen LogP contribution in [-0.2, 0) is 4.74 Å². The zero-order chi connectivity index (χ0) is 15.2. The monoisotopic (exact) mass is 293 g/mol. The van der Waals surface area contributed by atoms with Crippen LogP contribution in [0.1, 0.15) is 36.0 Å². The number of methoxy groups -OCH3 is 2. The minimum atomic E-state index is -0.391. The quantitative estimate of drug-likeness (QED) is 0.844. The second-order valence-corrected chi connectivity index (χ2v) is 5.29. The van der Waals surface area contributed by atoms with Gasteiger partial charge < -0.3 is 19.9 Å². The summed E-state index contributed by atoms with van der Waals surface area (Å²) in [6, 6.07) is 5.08. The summed E-state index contributed by atoms with van der Waals surface area (Å²) in [4.78, 5) is 11.5. The molecule has 1 aromatic rings. The van der Waals surface area contributed by atoms with Crippen LogP contribution in [-0.4, -0.2) is 32.8 Å². The van der Waals surface area contributed by atoms with E-state index in [1.807, 2.05) is 0 Å². The molecule has 5 nitrogen and oxygen atoms in total. The largest absolute Gasteiger partial charge is 0.493 e. The fourth-order valence-corrected chi connectivity index (χ4v) is 2.77. The average Bonchev–Trinajstić information content (AvgIpc) is 2.54. The van der Waals surface area contributed by atoms with E-state index in [4.69, 9.17) is 19.9 Å². The average molecular weight is 293 g/mol. The maximum absolute atomic E-state index is 11.5. The van der Waals surface area contributed by atoms with Crippen molar-refractivity contribution in [1.29, 1.82) is 0 Å². The minimum Gasteiger partial charge on any atom is -0.493 e. The molecule has 0 heterocycles. The van der Waals surface area contributed by atoms with Crippen LogP contribution in [0.25, 0.3) is 0 Å². The van der Waals surface area contributed by atoms with Crippen molar-refractivity contribution in [3.05, 3.63) is 23.8 Å². The van der Waals surface area contributed by atoms with Crippen LogP contribution in [0.2, 0.25) is 0 Å². The van der Waals surface area contributed by atoms with Gasteiger partial charge in [-0.3, -0.25) is 0 Å². The van der Waals surface area contributed by atoms with Gasteiger partial charge in [0.05, 0.1) is 19.8 Å². The number of rotatable bonds is 5. The second kappa shape index (κ2) is 7.31. The first-order valence-electron chi connectivity index (χ1n) is 7.32. The van der Waals surface area contributed by atoms with Crippen molar-refractivity contribution in [2.75, 3.05) is 20.8 Å². The van der Waals surface area contributed by atoms with Gasteiger partial charge in [-0.25, -0.2) is 4.79 Å². The Morgan fingerprint density at radius 3 is 2.67 bits per heavy atom. The number of esters is 1. The van der Waals surface area contributed by atoms with Crippen LogP contribution in [0.5, 0.6) is 11.5 Å². The number of ether oxygens (including phenoxy) is 3. The van der Waals surface area contributed by atoms with E-state index < -0.39 is 5.97 Å². The Labute approximate surface area is 125 Å². The number of nitrogens with two attached hydrogens (primary N) is 1. The normalized spacial score (nSPS) is 21.7. The van der Waals surface area contributed by atoms with E-state index in [2.05, 4.69) is 0 Å². The van der Waals surface area contributed by atoms with Crippen molar-refractivity contribution in [2.24, 2.45) is 11.7 Å². The highest BCUT2D eigenvalue weighted by atomic mass is 16.5. The van der Waals surface area contributed by atoms with E-state index in [0.717, 1.165) is 19.3 Å². The summed E-state index contributed by atoms with van der Waals surface area (Å²) < 4.78 is 16.1. The lowest BCUT2D eigenvalue weighted by Gasteiger charge is -2.31. The molecule has 0 spiro atoms. The Hall–Kier alpha value is -1.75. The summed E-state index contributed by atoms with van der Waals surface area (Å²) in [6.45, 7) is 0.632. The predicted octanol–water partition coefficient (Wildman–Crippen LogP) is 2.38. The Kier molecular flexibility index (Phi) is 5.44. The number of carbonyl (C=O) groups is 1. The molecule has 1 saturated carbocycles. The van der Waals surface area contributed by atoms with Gasteiger partial charge in [0.2, 0.25) is 0 Å². The molecule has 0 aliphatic heterocycles. The highest BCUT2D eigenvalue weighted by Gasteiger charge is 2.26. The van der Waals surface area contributed by atoms with E-state index in [1.165, 1.54) is 13.5 Å². The molecule has 116 valence electrons. The van der Waals surface area contributed by atoms with E-state index in [-0.39, 0.29) is 6.10 Å². The summed E-state index contributed by atoms with van der Waals surface area (Å²) in [6.07, 6.45) is 4.58. The Balaban J connectivity index is 2.17. The zero-order valence-electron chi connectivity index (χ0n) is 12.6. The van der Waals surface area contributed by atoms with Gasteiger partial charge in [0.15, 0.2) is 11.5 Å². The van der Waals surface area contributed by atoms with Gasteiger partial charge in [-0.15, -0.1) is 0 Å². The number of hydrogen-bond donors (Lipinski definition) is 1. The molecule has 0 aromatic heterocycles. The summed E-state index contributed by atoms with van der Waals surface area (Å²) in [5.41, 5.74) is 6.27. The maximum atomic E-state index is 11.5. The summed E-state index contributed by atoms with van der Waals surface area (Å²) in [5, 5.41) is 0. The van der Waals surface area contributed by atoms with E-state index in [9.17, 15) is 4.79 Å². The third-order valence-corrected chi connectivity index (χ3v) is 4.01. The standard InChI is InChI=1S/C16H23NO4/c1-19-15-9-11(16(18)20-2)7-8-14(15)21-13-6-4-3-5-12(13)10-17/h7-9,12-13H,3-6,10,17H2,1-2H3. The van der Waals surface area contributed by atoms with Crippen LogP contribution >= 0.6 is 0 Å². The molecular weight excluding hydrogens is 270 g/mol. The Bertz CT molecular complexity index is 489. The van der Waals surface area contributed by atoms with Crippen LogP contribution in [0.15, 0.2) is 18.2 Å². The van der Waals surface area contributed by atoms with Crippen molar-refractivity contribution < 1.29 is 19.0 Å². The van der Waals surface area contributed by atoms with Gasteiger partial charge in [0, 0.05) is 5.92 Å². The summed E-state index contributed by atoms with van der Waals surface area (Å²) in [7, 11) is 2.91. The van der Waals surface area contributed by atoms with Crippen molar-refractivity contribution in [3.8, 4) is 11.5 Å². The topological polar surface area (TPSA) is 70.8 Å². The van der Waals surface area contributed by atoms with Crippen LogP contribution in [0.4, 0.5) is 0 Å². The molecule has 1 fully saturated rings. The predicted molar refractivity (Wildman–Crippen MR) is 79.8 cm³/mol. The first-order valence-corrected chi connectivity index (χ1v) is 7.32. The molecule has 1 aliphatic rings. The van der Waals surface area contributed by atoms with Crippen molar-refractivity contribution in [3.63, 3.8) is 0 Å². The Morgan fingerprint density at radius 1 is 1.24 bits per heavy atom. The molecule has 0 bridgehead atoms. The first-order chi connectivity index (χ1) is 10.2. The number of hydrogen-bond acceptors (Lipinski definition) is 5. The molecule has 5 heteroatoms. The molecule has 0 radical (unpaired) electrons. The zero-order valence-corrected chi connectivity index (χ0v) is 12.6. The molecule has 0 saturated heterocycles. The molecule has 2 N–H and O–H groups in total. The van der Waals surface area contributed by atoms with Crippen molar-refractivity contribution in [1.82, 2.24) is 0 Å². The molecular formula is C16H23NO4. The van der Waals surface area contributed by atoms with Gasteiger partial charge in [0.1, 0.15) is 6.10 Å². The third-order valence-electron chi connectivity index (χ3n) is 4.01. The lowest BCUT2D eigenvalue weighted by Crippen LogP contribution is -2.35. The maximum Gasteiger partial charge on any atom is 0.337 e. The number of benzene rings is 1. The third kappa shape index (κ3) is 3.67. The van der Waals surface area contributed by atoms with Crippen LogP contribution in [0, 0.1) is 5.92 Å². The van der Waals surface area contributed by atoms with Gasteiger partial charge in [-0.1, -0.05) is 6.42 Å². The van der Waals surface area contributed by atoms with Gasteiger partial charge >= 0.3 is 5.97 Å². The Morgan fingerprint density at radius 2 is 2.00 bits per heavy atom. The molecule has 21 heavy (non-hydrogen) atoms. The molecule has 2 rings (SSSR count). The molecule has 0 amide bonds. The smallest absolute Gasteiger partial charge is 0.337 e. The summed E-state index contributed by atoms with van der Waals surface area (Å²) in [5.74, 6) is 1.18. The van der Waals surface area contributed by atoms with Gasteiger partial charge in [0.25, 0.3) is 0 Å². The van der Waals surface area contributed by atoms with Crippen LogP contribution < -0.4 is 15.2 Å². The molecule has 1 aromatic carbocycles.